The van der Waals surface area contributed by atoms with Crippen molar-refractivity contribution in [3.63, 3.8) is 0 Å². The van der Waals surface area contributed by atoms with Gasteiger partial charge in [-0.25, -0.2) is 0 Å². The van der Waals surface area contributed by atoms with Crippen molar-refractivity contribution in [3.05, 3.63) is 12.2 Å². The molecular weight excluding hydrogens is 735 g/mol. The molecule has 0 saturated heterocycles. The number of unbranched alkanes of at least 4 members (excludes halogenated alkanes) is 43. The molecule has 0 saturated carbocycles. The molecule has 0 radical (unpaired) electrons. The van der Waals surface area contributed by atoms with Gasteiger partial charge < -0.3 is 15.5 Å². The van der Waals surface area contributed by atoms with Crippen LogP contribution in [0.25, 0.3) is 0 Å². The average molecular weight is 847 g/mol. The van der Waals surface area contributed by atoms with E-state index < -0.39 is 12.1 Å². The van der Waals surface area contributed by atoms with Gasteiger partial charge in [-0.3, -0.25) is 4.79 Å². The summed E-state index contributed by atoms with van der Waals surface area (Å²) < 4.78 is 0. The smallest absolute Gasteiger partial charge is 0.220 e. The van der Waals surface area contributed by atoms with E-state index >= 15 is 0 Å². The molecule has 3 N–H and O–H groups in total. The summed E-state index contributed by atoms with van der Waals surface area (Å²) in [5, 5.41) is 23.3. The number of allylic oxidation sites excluding steroid dienone is 2. The predicted molar refractivity (Wildman–Crippen MR) is 267 cm³/mol. The van der Waals surface area contributed by atoms with Crippen LogP contribution in [0.4, 0.5) is 0 Å². The monoisotopic (exact) mass is 846 g/mol. The first-order valence-corrected chi connectivity index (χ1v) is 27.9. The Bertz CT molecular complexity index is 829. The summed E-state index contributed by atoms with van der Waals surface area (Å²) >= 11 is 0. The highest BCUT2D eigenvalue weighted by Crippen LogP contribution is 2.18. The minimum atomic E-state index is -0.657. The fourth-order valence-electron chi connectivity index (χ4n) is 9.01. The van der Waals surface area contributed by atoms with Crippen LogP contribution < -0.4 is 5.32 Å². The van der Waals surface area contributed by atoms with Crippen molar-refractivity contribution < 1.29 is 15.0 Å². The van der Waals surface area contributed by atoms with Crippen molar-refractivity contribution in [2.24, 2.45) is 0 Å². The lowest BCUT2D eigenvalue weighted by molar-refractivity contribution is -0.123. The predicted octanol–water partition coefficient (Wildman–Crippen LogP) is 18.1. The highest BCUT2D eigenvalue weighted by atomic mass is 16.3. The van der Waals surface area contributed by atoms with E-state index in [4.69, 9.17) is 0 Å². The molecule has 4 nitrogen and oxygen atoms in total. The van der Waals surface area contributed by atoms with Crippen LogP contribution in [0.3, 0.4) is 0 Å². The zero-order valence-corrected chi connectivity index (χ0v) is 41.3. The van der Waals surface area contributed by atoms with Crippen molar-refractivity contribution in [2.75, 3.05) is 6.61 Å². The van der Waals surface area contributed by atoms with Crippen LogP contribution in [0.15, 0.2) is 12.2 Å². The Morgan fingerprint density at radius 1 is 0.383 bits per heavy atom. The molecule has 0 bridgehead atoms. The maximum Gasteiger partial charge on any atom is 0.220 e. The fourth-order valence-corrected chi connectivity index (χ4v) is 9.01. The van der Waals surface area contributed by atoms with E-state index in [1.54, 1.807) is 0 Å². The third-order valence-electron chi connectivity index (χ3n) is 13.3. The molecule has 0 heterocycles. The zero-order valence-electron chi connectivity index (χ0n) is 41.3. The van der Waals surface area contributed by atoms with Crippen LogP contribution in [0.5, 0.6) is 0 Å². The van der Waals surface area contributed by atoms with Gasteiger partial charge in [-0.05, 0) is 38.5 Å². The Kier molecular flexibility index (Phi) is 51.7. The first-order valence-electron chi connectivity index (χ1n) is 27.9. The Balaban J connectivity index is 3.42. The van der Waals surface area contributed by atoms with Gasteiger partial charge in [0.2, 0.25) is 5.91 Å². The Morgan fingerprint density at radius 2 is 0.633 bits per heavy atom. The SMILES string of the molecule is CCCCCCCCCCCCCC/C=C\CCCCCCCCCCCCCCCC(=O)NC(CO)C(O)CCCCCCCCCCCCCCCCCCCCC. The average Bonchev–Trinajstić information content (AvgIpc) is 3.25. The molecule has 0 aromatic heterocycles. The molecule has 0 rings (SSSR count). The minimum Gasteiger partial charge on any atom is -0.394 e. The van der Waals surface area contributed by atoms with Crippen molar-refractivity contribution in [1.29, 1.82) is 0 Å². The lowest BCUT2D eigenvalue weighted by Gasteiger charge is -2.22. The summed E-state index contributed by atoms with van der Waals surface area (Å²) in [6, 6.07) is -0.533. The van der Waals surface area contributed by atoms with Gasteiger partial charge in [-0.1, -0.05) is 289 Å². The maximum absolute atomic E-state index is 12.5. The van der Waals surface area contributed by atoms with E-state index in [0.29, 0.717) is 12.8 Å². The zero-order chi connectivity index (χ0) is 43.5. The highest BCUT2D eigenvalue weighted by molar-refractivity contribution is 5.76. The van der Waals surface area contributed by atoms with Gasteiger partial charge in [0.05, 0.1) is 18.8 Å². The summed E-state index contributed by atoms with van der Waals surface area (Å²) in [4.78, 5) is 12.5. The first kappa shape index (κ1) is 59.1. The number of amides is 1. The van der Waals surface area contributed by atoms with Crippen LogP contribution >= 0.6 is 0 Å². The summed E-state index contributed by atoms with van der Waals surface area (Å²) in [5.41, 5.74) is 0. The lowest BCUT2D eigenvalue weighted by Crippen LogP contribution is -2.45. The number of aliphatic hydroxyl groups is 2. The summed E-state index contributed by atoms with van der Waals surface area (Å²) in [6.45, 7) is 4.40. The number of hydrogen-bond donors (Lipinski definition) is 3. The van der Waals surface area contributed by atoms with Crippen molar-refractivity contribution in [1.82, 2.24) is 5.32 Å². The molecule has 60 heavy (non-hydrogen) atoms. The third kappa shape index (κ3) is 48.2. The minimum absolute atomic E-state index is 0.0252. The third-order valence-corrected chi connectivity index (χ3v) is 13.3. The molecular formula is C56H111NO3. The van der Waals surface area contributed by atoms with Gasteiger partial charge in [-0.2, -0.15) is 0 Å². The second-order valence-corrected chi connectivity index (χ2v) is 19.4. The molecule has 4 heteroatoms. The summed E-state index contributed by atoms with van der Waals surface area (Å²) in [5.74, 6) is -0.0252. The molecule has 0 aliphatic rings. The summed E-state index contributed by atoms with van der Waals surface area (Å²) in [6.07, 6.45) is 67.7. The van der Waals surface area contributed by atoms with Crippen molar-refractivity contribution >= 4 is 5.91 Å². The first-order chi connectivity index (χ1) is 29.7. The Hall–Kier alpha value is -0.870. The Morgan fingerprint density at radius 3 is 0.917 bits per heavy atom. The largest absolute Gasteiger partial charge is 0.394 e. The van der Waals surface area contributed by atoms with Crippen molar-refractivity contribution in [3.8, 4) is 0 Å². The van der Waals surface area contributed by atoms with Crippen LogP contribution in [0, 0.1) is 0 Å². The second kappa shape index (κ2) is 52.5. The number of carbonyl (C=O) groups is 1. The number of hydrogen-bond acceptors (Lipinski definition) is 3. The molecule has 0 aromatic carbocycles. The van der Waals surface area contributed by atoms with Gasteiger partial charge in [-0.15, -0.1) is 0 Å². The standard InChI is InChI=1S/C56H111NO3/c1-3-5-7-9-11-13-15-17-19-21-23-24-25-26-27-28-29-30-31-32-34-36-38-40-42-44-46-48-50-52-56(60)57-54(53-58)55(59)51-49-47-45-43-41-39-37-35-33-22-20-18-16-14-12-10-8-6-4-2/h26-27,54-55,58-59H,3-25,28-53H2,1-2H3,(H,57,60)/b27-26-. The van der Waals surface area contributed by atoms with Gasteiger partial charge in [0.1, 0.15) is 0 Å². The van der Waals surface area contributed by atoms with Crippen LogP contribution in [-0.4, -0.2) is 34.9 Å². The van der Waals surface area contributed by atoms with Crippen LogP contribution in [0.1, 0.15) is 322 Å². The van der Waals surface area contributed by atoms with Gasteiger partial charge in [0.25, 0.3) is 0 Å². The Labute approximate surface area is 377 Å². The van der Waals surface area contributed by atoms with E-state index in [1.165, 1.54) is 270 Å². The number of aliphatic hydroxyl groups excluding tert-OH is 2. The molecule has 0 aliphatic heterocycles. The van der Waals surface area contributed by atoms with E-state index in [2.05, 4.69) is 31.3 Å². The highest BCUT2D eigenvalue weighted by Gasteiger charge is 2.20. The number of carbonyl (C=O) groups excluding carboxylic acids is 1. The molecule has 0 spiro atoms. The van der Waals surface area contributed by atoms with E-state index in [1.807, 2.05) is 0 Å². The normalized spacial score (nSPS) is 12.8. The molecule has 1 amide bonds. The van der Waals surface area contributed by atoms with E-state index in [0.717, 1.165) is 25.7 Å². The second-order valence-electron chi connectivity index (χ2n) is 19.4. The molecule has 0 aliphatic carbocycles. The molecule has 2 unspecified atom stereocenters. The lowest BCUT2D eigenvalue weighted by atomic mass is 10.0. The van der Waals surface area contributed by atoms with Crippen molar-refractivity contribution in [2.45, 2.75) is 334 Å². The molecule has 2 atom stereocenters. The van der Waals surface area contributed by atoms with Gasteiger partial charge >= 0.3 is 0 Å². The molecule has 0 aromatic rings. The topological polar surface area (TPSA) is 69.6 Å². The van der Waals surface area contributed by atoms with Gasteiger partial charge in [0, 0.05) is 6.42 Å². The fraction of sp³-hybridized carbons (Fsp3) is 0.946. The van der Waals surface area contributed by atoms with E-state index in [-0.39, 0.29) is 12.5 Å². The number of nitrogens with one attached hydrogen (secondary N) is 1. The maximum atomic E-state index is 12.5. The molecule has 358 valence electrons. The van der Waals surface area contributed by atoms with Gasteiger partial charge in [0.15, 0.2) is 0 Å². The molecule has 0 fully saturated rings. The van der Waals surface area contributed by atoms with Crippen LogP contribution in [0.2, 0.25) is 0 Å². The van der Waals surface area contributed by atoms with E-state index in [9.17, 15) is 15.0 Å². The number of rotatable bonds is 52. The summed E-state index contributed by atoms with van der Waals surface area (Å²) in [7, 11) is 0. The quantitative estimate of drug-likeness (QED) is 0.0422. The van der Waals surface area contributed by atoms with Crippen LogP contribution in [-0.2, 0) is 4.79 Å².